The van der Waals surface area contributed by atoms with Crippen molar-refractivity contribution in [1.82, 2.24) is 9.38 Å². The lowest BCUT2D eigenvalue weighted by Gasteiger charge is -2.04. The molecule has 0 saturated carbocycles. The maximum Gasteiger partial charge on any atom is 0.146 e. The molecule has 96 valence electrons. The molecule has 0 amide bonds. The van der Waals surface area contributed by atoms with Crippen molar-refractivity contribution in [3.63, 3.8) is 0 Å². The van der Waals surface area contributed by atoms with Crippen LogP contribution >= 0.6 is 15.9 Å². The van der Waals surface area contributed by atoms with Crippen molar-refractivity contribution in [2.45, 2.75) is 0 Å². The van der Waals surface area contributed by atoms with Gasteiger partial charge in [-0.1, -0.05) is 12.1 Å². The number of hydrogen-bond acceptors (Lipinski definition) is 2. The molecule has 0 spiro atoms. The standard InChI is InChI=1S/C14H11BrFN3/c1-17-11-5-6-12-13(15)18-14(19(12)8-11)9-3-2-4-10(16)7-9/h2-8,17H,1H3. The van der Waals surface area contributed by atoms with Gasteiger partial charge in [-0.15, -0.1) is 0 Å². The first-order valence-electron chi connectivity index (χ1n) is 5.80. The molecule has 0 radical (unpaired) electrons. The van der Waals surface area contributed by atoms with Crippen molar-refractivity contribution in [3.05, 3.63) is 53.0 Å². The second-order valence-electron chi connectivity index (χ2n) is 4.16. The number of pyridine rings is 1. The normalized spacial score (nSPS) is 10.9. The number of anilines is 1. The van der Waals surface area contributed by atoms with Crippen LogP contribution in [-0.4, -0.2) is 16.4 Å². The van der Waals surface area contributed by atoms with Gasteiger partial charge in [0.2, 0.25) is 0 Å². The highest BCUT2D eigenvalue weighted by molar-refractivity contribution is 9.10. The van der Waals surface area contributed by atoms with Crippen molar-refractivity contribution in [2.75, 3.05) is 12.4 Å². The number of fused-ring (bicyclic) bond motifs is 1. The Morgan fingerprint density at radius 3 is 2.84 bits per heavy atom. The Bertz CT molecular complexity index is 752. The highest BCUT2D eigenvalue weighted by atomic mass is 79.9. The number of nitrogens with zero attached hydrogens (tertiary/aromatic N) is 2. The fraction of sp³-hybridized carbons (Fsp3) is 0.0714. The van der Waals surface area contributed by atoms with E-state index in [1.54, 1.807) is 6.07 Å². The first kappa shape index (κ1) is 12.2. The van der Waals surface area contributed by atoms with Crippen molar-refractivity contribution >= 4 is 27.1 Å². The Morgan fingerprint density at radius 2 is 2.11 bits per heavy atom. The van der Waals surface area contributed by atoms with Crippen LogP contribution in [0.15, 0.2) is 47.2 Å². The number of nitrogens with one attached hydrogen (secondary N) is 1. The number of aromatic nitrogens is 2. The number of rotatable bonds is 2. The average Bonchev–Trinajstić information content (AvgIpc) is 2.75. The van der Waals surface area contributed by atoms with Gasteiger partial charge in [-0.25, -0.2) is 9.37 Å². The Labute approximate surface area is 118 Å². The minimum atomic E-state index is -0.268. The first-order valence-corrected chi connectivity index (χ1v) is 6.59. The van der Waals surface area contributed by atoms with Gasteiger partial charge in [-0.2, -0.15) is 0 Å². The average molecular weight is 320 g/mol. The number of imidazole rings is 1. The van der Waals surface area contributed by atoms with E-state index < -0.39 is 0 Å². The van der Waals surface area contributed by atoms with Gasteiger partial charge >= 0.3 is 0 Å². The Kier molecular flexibility index (Phi) is 2.98. The lowest BCUT2D eigenvalue weighted by atomic mass is 10.2. The smallest absolute Gasteiger partial charge is 0.146 e. The van der Waals surface area contributed by atoms with E-state index in [1.165, 1.54) is 12.1 Å². The third-order valence-corrected chi connectivity index (χ3v) is 3.55. The summed E-state index contributed by atoms with van der Waals surface area (Å²) in [5.41, 5.74) is 2.65. The van der Waals surface area contributed by atoms with Crippen LogP contribution in [-0.2, 0) is 0 Å². The van der Waals surface area contributed by atoms with Crippen LogP contribution in [0.1, 0.15) is 0 Å². The largest absolute Gasteiger partial charge is 0.387 e. The van der Waals surface area contributed by atoms with Gasteiger partial charge in [0.25, 0.3) is 0 Å². The van der Waals surface area contributed by atoms with Gasteiger partial charge in [0.1, 0.15) is 16.2 Å². The Balaban J connectivity index is 2.28. The summed E-state index contributed by atoms with van der Waals surface area (Å²) in [4.78, 5) is 4.46. The fourth-order valence-electron chi connectivity index (χ4n) is 2.03. The molecule has 2 aromatic heterocycles. The van der Waals surface area contributed by atoms with E-state index >= 15 is 0 Å². The molecule has 0 bridgehead atoms. The molecule has 19 heavy (non-hydrogen) atoms. The summed E-state index contributed by atoms with van der Waals surface area (Å²) in [6, 6.07) is 10.4. The minimum absolute atomic E-state index is 0.268. The molecule has 5 heteroatoms. The second kappa shape index (κ2) is 4.66. The molecule has 0 saturated heterocycles. The first-order chi connectivity index (χ1) is 9.19. The summed E-state index contributed by atoms with van der Waals surface area (Å²) >= 11 is 3.43. The Morgan fingerprint density at radius 1 is 1.26 bits per heavy atom. The summed E-state index contributed by atoms with van der Waals surface area (Å²) in [5.74, 6) is 0.439. The molecule has 0 unspecified atom stereocenters. The van der Waals surface area contributed by atoms with Gasteiger partial charge < -0.3 is 5.32 Å². The van der Waals surface area contributed by atoms with Gasteiger partial charge in [-0.3, -0.25) is 4.40 Å². The summed E-state index contributed by atoms with van der Waals surface area (Å²) in [6.07, 6.45) is 1.94. The lowest BCUT2D eigenvalue weighted by molar-refractivity contribution is 0.628. The molecule has 2 heterocycles. The van der Waals surface area contributed by atoms with E-state index in [2.05, 4.69) is 26.2 Å². The van der Waals surface area contributed by atoms with E-state index in [0.717, 1.165) is 21.4 Å². The molecule has 1 N–H and O–H groups in total. The number of hydrogen-bond donors (Lipinski definition) is 1. The molecule has 0 aliphatic heterocycles. The van der Waals surface area contributed by atoms with Crippen molar-refractivity contribution in [1.29, 1.82) is 0 Å². The van der Waals surface area contributed by atoms with E-state index in [4.69, 9.17) is 0 Å². The quantitative estimate of drug-likeness (QED) is 0.775. The van der Waals surface area contributed by atoms with E-state index in [-0.39, 0.29) is 5.82 Å². The zero-order valence-corrected chi connectivity index (χ0v) is 11.8. The molecule has 3 rings (SSSR count). The lowest BCUT2D eigenvalue weighted by Crippen LogP contribution is -1.94. The molecule has 0 atom stereocenters. The molecule has 3 aromatic rings. The zero-order chi connectivity index (χ0) is 13.4. The van der Waals surface area contributed by atoms with Crippen LogP contribution in [0.5, 0.6) is 0 Å². The van der Waals surface area contributed by atoms with Crippen molar-refractivity contribution < 1.29 is 4.39 Å². The Hall–Kier alpha value is -1.88. The van der Waals surface area contributed by atoms with Crippen molar-refractivity contribution in [2.24, 2.45) is 0 Å². The van der Waals surface area contributed by atoms with E-state index in [1.807, 2.05) is 35.8 Å². The third kappa shape index (κ3) is 2.10. The van der Waals surface area contributed by atoms with Crippen LogP contribution < -0.4 is 5.32 Å². The van der Waals surface area contributed by atoms with E-state index in [0.29, 0.717) is 5.82 Å². The molecule has 0 aliphatic carbocycles. The van der Waals surface area contributed by atoms with Crippen LogP contribution in [0.25, 0.3) is 16.9 Å². The predicted octanol–water partition coefficient (Wildman–Crippen LogP) is 3.94. The fourth-order valence-corrected chi connectivity index (χ4v) is 2.52. The minimum Gasteiger partial charge on any atom is -0.387 e. The number of benzene rings is 1. The predicted molar refractivity (Wildman–Crippen MR) is 77.8 cm³/mol. The zero-order valence-electron chi connectivity index (χ0n) is 10.2. The van der Waals surface area contributed by atoms with E-state index in [9.17, 15) is 4.39 Å². The molecule has 1 aromatic carbocycles. The summed E-state index contributed by atoms with van der Waals surface area (Å²) in [6.45, 7) is 0. The summed E-state index contributed by atoms with van der Waals surface area (Å²) < 4.78 is 16.0. The van der Waals surface area contributed by atoms with Crippen molar-refractivity contribution in [3.8, 4) is 11.4 Å². The van der Waals surface area contributed by atoms with Gasteiger partial charge in [-0.05, 0) is 40.2 Å². The maximum atomic E-state index is 13.3. The van der Waals surface area contributed by atoms with Gasteiger partial charge in [0, 0.05) is 18.8 Å². The maximum absolute atomic E-state index is 13.3. The topological polar surface area (TPSA) is 29.3 Å². The number of halogens is 2. The molecular weight excluding hydrogens is 309 g/mol. The van der Waals surface area contributed by atoms with Crippen LogP contribution in [0.2, 0.25) is 0 Å². The van der Waals surface area contributed by atoms with Gasteiger partial charge in [0.05, 0.1) is 11.2 Å². The molecule has 0 aliphatic rings. The monoisotopic (exact) mass is 319 g/mol. The van der Waals surface area contributed by atoms with Crippen LogP contribution in [0, 0.1) is 5.82 Å². The second-order valence-corrected chi connectivity index (χ2v) is 4.91. The van der Waals surface area contributed by atoms with Gasteiger partial charge in [0.15, 0.2) is 0 Å². The SMILES string of the molecule is CNc1ccc2c(Br)nc(-c3cccc(F)c3)n2c1. The summed E-state index contributed by atoms with van der Waals surface area (Å²) in [7, 11) is 1.86. The molecular formula is C14H11BrFN3. The molecule has 3 nitrogen and oxygen atoms in total. The highest BCUT2D eigenvalue weighted by Gasteiger charge is 2.11. The van der Waals surface area contributed by atoms with Crippen LogP contribution in [0.4, 0.5) is 10.1 Å². The van der Waals surface area contributed by atoms with Crippen LogP contribution in [0.3, 0.4) is 0 Å². The third-order valence-electron chi connectivity index (χ3n) is 2.96. The highest BCUT2D eigenvalue weighted by Crippen LogP contribution is 2.27. The molecule has 0 fully saturated rings. The summed E-state index contributed by atoms with van der Waals surface area (Å²) in [5, 5.41) is 3.08.